The topological polar surface area (TPSA) is 47.8 Å². The second-order valence-corrected chi connectivity index (χ2v) is 3.93. The fourth-order valence-electron chi connectivity index (χ4n) is 1.96. The molecule has 0 saturated carbocycles. The molecule has 0 amide bonds. The minimum Gasteiger partial charge on any atom is -0.487 e. The molecule has 0 radical (unpaired) electrons. The molecule has 3 rings (SSSR count). The summed E-state index contributed by atoms with van der Waals surface area (Å²) < 4.78 is 11.1. The fraction of sp³-hybridized carbons (Fsp3) is 0.455. The molecule has 2 heterocycles. The Hall–Kier alpha value is -1.22. The van der Waals surface area contributed by atoms with Gasteiger partial charge >= 0.3 is 0 Å². The Labute approximate surface area is 82.8 Å². The molecule has 0 aromatic heterocycles. The second-order valence-electron chi connectivity index (χ2n) is 3.93. The summed E-state index contributed by atoms with van der Waals surface area (Å²) in [5.74, 6) is 0.978. The number of nitrogens with two attached hydrogens (primary N) is 1. The van der Waals surface area contributed by atoms with Crippen LogP contribution in [0, 0.1) is 0 Å². The molecule has 74 valence electrons. The third kappa shape index (κ3) is 1.34. The maximum Gasteiger partial charge on any atom is 0.127 e. The molecule has 1 aromatic rings. The number of fused-ring (bicyclic) bond motifs is 1. The Morgan fingerprint density at radius 3 is 2.93 bits per heavy atom. The van der Waals surface area contributed by atoms with Crippen LogP contribution in [0.5, 0.6) is 5.75 Å². The van der Waals surface area contributed by atoms with Crippen LogP contribution in [0.25, 0.3) is 0 Å². The van der Waals surface area contributed by atoms with Gasteiger partial charge in [-0.2, -0.15) is 0 Å². The van der Waals surface area contributed by atoms with Gasteiger partial charge in [0.15, 0.2) is 0 Å². The lowest BCUT2D eigenvalue weighted by Crippen LogP contribution is -2.27. The van der Waals surface area contributed by atoms with Gasteiger partial charge < -0.3 is 15.2 Å². The highest BCUT2D eigenvalue weighted by atomic mass is 16.6. The number of benzene rings is 1. The average molecular weight is 191 g/mol. The zero-order valence-electron chi connectivity index (χ0n) is 7.90. The molecule has 3 nitrogen and oxygen atoms in total. The van der Waals surface area contributed by atoms with E-state index in [4.69, 9.17) is 15.2 Å². The van der Waals surface area contributed by atoms with E-state index in [-0.39, 0.29) is 6.10 Å². The van der Waals surface area contributed by atoms with Crippen LogP contribution in [0.4, 0.5) is 5.69 Å². The van der Waals surface area contributed by atoms with Crippen LogP contribution in [-0.4, -0.2) is 18.8 Å². The molecule has 0 aliphatic carbocycles. The van der Waals surface area contributed by atoms with Crippen molar-refractivity contribution in [1.82, 2.24) is 0 Å². The van der Waals surface area contributed by atoms with Gasteiger partial charge in [-0.1, -0.05) is 0 Å². The van der Waals surface area contributed by atoms with E-state index in [0.717, 1.165) is 30.9 Å². The van der Waals surface area contributed by atoms with Gasteiger partial charge in [0.25, 0.3) is 0 Å². The zero-order chi connectivity index (χ0) is 9.54. The molecule has 1 fully saturated rings. The lowest BCUT2D eigenvalue weighted by atomic mass is 10.0. The Balaban J connectivity index is 1.86. The molecule has 2 N–H and O–H groups in total. The van der Waals surface area contributed by atoms with Crippen molar-refractivity contribution in [3.63, 3.8) is 0 Å². The fourth-order valence-corrected chi connectivity index (χ4v) is 1.96. The van der Waals surface area contributed by atoms with E-state index in [2.05, 4.69) is 0 Å². The number of aryl methyl sites for hydroxylation is 1. The monoisotopic (exact) mass is 191 g/mol. The highest BCUT2D eigenvalue weighted by Gasteiger charge is 2.36. The molecule has 2 aliphatic rings. The summed E-state index contributed by atoms with van der Waals surface area (Å²) >= 11 is 0. The summed E-state index contributed by atoms with van der Waals surface area (Å²) in [5.41, 5.74) is 7.75. The first kappa shape index (κ1) is 8.12. The maximum atomic E-state index is 5.83. The normalized spacial score (nSPS) is 29.1. The first-order chi connectivity index (χ1) is 6.83. The summed E-state index contributed by atoms with van der Waals surface area (Å²) in [6, 6.07) is 5.84. The van der Waals surface area contributed by atoms with Gasteiger partial charge in [0.1, 0.15) is 18.0 Å². The van der Waals surface area contributed by atoms with Crippen LogP contribution >= 0.6 is 0 Å². The number of epoxide rings is 1. The van der Waals surface area contributed by atoms with Crippen LogP contribution < -0.4 is 10.5 Å². The van der Waals surface area contributed by atoms with Crippen molar-refractivity contribution in [2.45, 2.75) is 25.0 Å². The van der Waals surface area contributed by atoms with Crippen LogP contribution in [-0.2, 0) is 11.2 Å². The lowest BCUT2D eigenvalue weighted by Gasteiger charge is -2.24. The standard InChI is InChI=1S/C11H13NO2/c12-8-2-4-9-7(5-8)1-3-10(14-9)11-6-13-11/h2,4-5,10-11H,1,3,6,12H2. The van der Waals surface area contributed by atoms with E-state index in [1.165, 1.54) is 5.56 Å². The van der Waals surface area contributed by atoms with Gasteiger partial charge in [-0.05, 0) is 36.6 Å². The Morgan fingerprint density at radius 1 is 1.29 bits per heavy atom. The largest absolute Gasteiger partial charge is 0.487 e. The third-order valence-electron chi connectivity index (χ3n) is 2.83. The average Bonchev–Trinajstić information content (AvgIpc) is 3.00. The van der Waals surface area contributed by atoms with Crippen molar-refractivity contribution in [1.29, 1.82) is 0 Å². The van der Waals surface area contributed by atoms with E-state index in [1.54, 1.807) is 0 Å². The Kier molecular flexibility index (Phi) is 1.67. The molecule has 2 atom stereocenters. The first-order valence-electron chi connectivity index (χ1n) is 4.99. The highest BCUT2D eigenvalue weighted by Crippen LogP contribution is 2.33. The van der Waals surface area contributed by atoms with Crippen molar-refractivity contribution < 1.29 is 9.47 Å². The summed E-state index contributed by atoms with van der Waals surface area (Å²) in [5, 5.41) is 0. The molecule has 0 spiro atoms. The quantitative estimate of drug-likeness (QED) is 0.538. The molecular weight excluding hydrogens is 178 g/mol. The molecule has 2 unspecified atom stereocenters. The molecule has 1 saturated heterocycles. The number of nitrogen functional groups attached to an aromatic ring is 1. The van der Waals surface area contributed by atoms with Gasteiger partial charge in [-0.15, -0.1) is 0 Å². The number of ether oxygens (including phenoxy) is 2. The van der Waals surface area contributed by atoms with Crippen molar-refractivity contribution in [3.05, 3.63) is 23.8 Å². The van der Waals surface area contributed by atoms with Crippen LogP contribution in [0.15, 0.2) is 18.2 Å². The molecule has 1 aromatic carbocycles. The van der Waals surface area contributed by atoms with Gasteiger partial charge in [0, 0.05) is 5.69 Å². The summed E-state index contributed by atoms with van der Waals surface area (Å²) in [4.78, 5) is 0. The molecule has 14 heavy (non-hydrogen) atoms. The summed E-state index contributed by atoms with van der Waals surface area (Å²) in [7, 11) is 0. The van der Waals surface area contributed by atoms with Crippen LogP contribution in [0.1, 0.15) is 12.0 Å². The third-order valence-corrected chi connectivity index (χ3v) is 2.83. The second kappa shape index (κ2) is 2.89. The van der Waals surface area contributed by atoms with E-state index >= 15 is 0 Å². The van der Waals surface area contributed by atoms with Crippen molar-refractivity contribution >= 4 is 5.69 Å². The van der Waals surface area contributed by atoms with E-state index in [1.807, 2.05) is 18.2 Å². The number of hydrogen-bond donors (Lipinski definition) is 1. The van der Waals surface area contributed by atoms with Crippen LogP contribution in [0.3, 0.4) is 0 Å². The molecule has 2 aliphatic heterocycles. The molecule has 0 bridgehead atoms. The van der Waals surface area contributed by atoms with Crippen molar-refractivity contribution in [2.24, 2.45) is 0 Å². The van der Waals surface area contributed by atoms with Crippen LogP contribution in [0.2, 0.25) is 0 Å². The van der Waals surface area contributed by atoms with Gasteiger partial charge in [-0.3, -0.25) is 0 Å². The van der Waals surface area contributed by atoms with Crippen molar-refractivity contribution in [3.8, 4) is 5.75 Å². The van der Waals surface area contributed by atoms with E-state index < -0.39 is 0 Å². The molecule has 3 heteroatoms. The Morgan fingerprint density at radius 2 is 2.14 bits per heavy atom. The minimum absolute atomic E-state index is 0.256. The number of rotatable bonds is 1. The predicted molar refractivity (Wildman–Crippen MR) is 53.3 cm³/mol. The number of hydrogen-bond acceptors (Lipinski definition) is 3. The van der Waals surface area contributed by atoms with Gasteiger partial charge in [-0.25, -0.2) is 0 Å². The lowest BCUT2D eigenvalue weighted by molar-refractivity contribution is 0.136. The van der Waals surface area contributed by atoms with Crippen molar-refractivity contribution in [2.75, 3.05) is 12.3 Å². The van der Waals surface area contributed by atoms with E-state index in [0.29, 0.717) is 6.10 Å². The highest BCUT2D eigenvalue weighted by molar-refractivity contribution is 5.48. The van der Waals surface area contributed by atoms with Gasteiger partial charge in [0.05, 0.1) is 6.61 Å². The summed E-state index contributed by atoms with van der Waals surface area (Å²) in [6.07, 6.45) is 2.68. The molecular formula is C11H13NO2. The smallest absolute Gasteiger partial charge is 0.127 e. The Bertz CT molecular complexity index is 360. The summed E-state index contributed by atoms with van der Waals surface area (Å²) in [6.45, 7) is 0.856. The number of anilines is 1. The van der Waals surface area contributed by atoms with Gasteiger partial charge in [0.2, 0.25) is 0 Å². The first-order valence-corrected chi connectivity index (χ1v) is 4.99. The maximum absolute atomic E-state index is 5.83. The predicted octanol–water partition coefficient (Wildman–Crippen LogP) is 1.36. The zero-order valence-corrected chi connectivity index (χ0v) is 7.90. The minimum atomic E-state index is 0.256. The van der Waals surface area contributed by atoms with E-state index in [9.17, 15) is 0 Å². The SMILES string of the molecule is Nc1ccc2c(c1)CCC(C1CO1)O2.